The number of aryl methyl sites for hydroxylation is 1. The molecule has 0 radical (unpaired) electrons. The van der Waals surface area contributed by atoms with E-state index in [1.165, 1.54) is 0 Å². The highest BCUT2D eigenvalue weighted by Crippen LogP contribution is 2.20. The Balaban J connectivity index is 0.00000180. The van der Waals surface area contributed by atoms with Crippen LogP contribution in [-0.2, 0) is 0 Å². The van der Waals surface area contributed by atoms with E-state index in [4.69, 9.17) is 0 Å². The van der Waals surface area contributed by atoms with Crippen molar-refractivity contribution in [3.8, 4) is 0 Å². The fourth-order valence-electron chi connectivity index (χ4n) is 2.24. The van der Waals surface area contributed by atoms with Gasteiger partial charge in [-0.3, -0.25) is 4.79 Å². The molecule has 1 aliphatic rings. The summed E-state index contributed by atoms with van der Waals surface area (Å²) in [6.07, 6.45) is 1.96. The fourth-order valence-corrected chi connectivity index (χ4v) is 2.48. The minimum absolute atomic E-state index is 0. The highest BCUT2D eigenvalue weighted by atomic mass is 79.9. The van der Waals surface area contributed by atoms with E-state index in [1.807, 2.05) is 25.1 Å². The molecule has 106 valence electrons. The van der Waals surface area contributed by atoms with Gasteiger partial charge in [-0.25, -0.2) is 0 Å². The minimum atomic E-state index is -0.0800. The van der Waals surface area contributed by atoms with E-state index in [-0.39, 0.29) is 23.9 Å². The molecule has 1 amide bonds. The fraction of sp³-hybridized carbons (Fsp3) is 0.500. The smallest absolute Gasteiger partial charge is 0.251 e. The van der Waals surface area contributed by atoms with Crippen molar-refractivity contribution in [2.75, 3.05) is 13.1 Å². The Morgan fingerprint density at radius 1 is 1.37 bits per heavy atom. The van der Waals surface area contributed by atoms with Crippen LogP contribution in [0.4, 0.5) is 0 Å². The Labute approximate surface area is 129 Å². The lowest BCUT2D eigenvalue weighted by Gasteiger charge is -2.35. The monoisotopic (exact) mass is 346 g/mol. The molecule has 2 rings (SSSR count). The third kappa shape index (κ3) is 4.20. The number of hydrogen-bond donors (Lipinski definition) is 2. The van der Waals surface area contributed by atoms with E-state index in [2.05, 4.69) is 33.5 Å². The summed E-state index contributed by atoms with van der Waals surface area (Å²) in [5.41, 5.74) is 1.73. The summed E-state index contributed by atoms with van der Waals surface area (Å²) < 4.78 is 1.03. The maximum atomic E-state index is 12.2. The zero-order valence-corrected chi connectivity index (χ0v) is 13.7. The van der Waals surface area contributed by atoms with Gasteiger partial charge in [0, 0.05) is 15.6 Å². The van der Waals surface area contributed by atoms with E-state index in [9.17, 15) is 4.79 Å². The van der Waals surface area contributed by atoms with Crippen molar-refractivity contribution in [3.63, 3.8) is 0 Å². The van der Waals surface area contributed by atoms with Crippen LogP contribution in [0.3, 0.4) is 0 Å². The molecule has 0 saturated carbocycles. The van der Waals surface area contributed by atoms with Crippen LogP contribution in [0.5, 0.6) is 0 Å². The molecule has 19 heavy (non-hydrogen) atoms. The first-order chi connectivity index (χ1) is 8.50. The van der Waals surface area contributed by atoms with Crippen molar-refractivity contribution in [1.29, 1.82) is 0 Å². The topological polar surface area (TPSA) is 41.1 Å². The van der Waals surface area contributed by atoms with Gasteiger partial charge in [-0.2, -0.15) is 0 Å². The van der Waals surface area contributed by atoms with Crippen LogP contribution in [-0.4, -0.2) is 24.5 Å². The largest absolute Gasteiger partial charge is 0.347 e. The second-order valence-corrected chi connectivity index (χ2v) is 6.08. The number of halogens is 2. The number of benzene rings is 1. The standard InChI is InChI=1S/C14H19BrN2O.ClH/c1-10-9-11(3-4-12(10)15)13(18)17-14(2)5-7-16-8-6-14;/h3-4,9,16H,5-8H2,1-2H3,(H,17,18);1H. The number of carbonyl (C=O) groups is 1. The summed E-state index contributed by atoms with van der Waals surface area (Å²) in [7, 11) is 0. The van der Waals surface area contributed by atoms with Gasteiger partial charge >= 0.3 is 0 Å². The molecule has 1 heterocycles. The maximum absolute atomic E-state index is 12.2. The molecule has 0 aliphatic carbocycles. The van der Waals surface area contributed by atoms with Crippen LogP contribution < -0.4 is 10.6 Å². The number of amides is 1. The minimum Gasteiger partial charge on any atom is -0.347 e. The summed E-state index contributed by atoms with van der Waals surface area (Å²) in [4.78, 5) is 12.2. The van der Waals surface area contributed by atoms with Gasteiger partial charge in [0.15, 0.2) is 0 Å². The summed E-state index contributed by atoms with van der Waals surface area (Å²) in [6.45, 7) is 6.05. The van der Waals surface area contributed by atoms with E-state index in [1.54, 1.807) is 0 Å². The van der Waals surface area contributed by atoms with Crippen molar-refractivity contribution in [3.05, 3.63) is 33.8 Å². The van der Waals surface area contributed by atoms with Crippen molar-refractivity contribution in [2.24, 2.45) is 0 Å². The normalized spacial score (nSPS) is 17.4. The summed E-state index contributed by atoms with van der Waals surface area (Å²) >= 11 is 3.45. The zero-order valence-electron chi connectivity index (χ0n) is 11.3. The van der Waals surface area contributed by atoms with Crippen LogP contribution in [0.25, 0.3) is 0 Å². The van der Waals surface area contributed by atoms with Crippen LogP contribution >= 0.6 is 28.3 Å². The van der Waals surface area contributed by atoms with Gasteiger partial charge in [-0.15, -0.1) is 12.4 Å². The molecule has 0 spiro atoms. The number of piperidine rings is 1. The van der Waals surface area contributed by atoms with Gasteiger partial charge in [0.25, 0.3) is 5.91 Å². The lowest BCUT2D eigenvalue weighted by atomic mass is 9.90. The Kier molecular flexibility index (Phi) is 5.83. The van der Waals surface area contributed by atoms with Gasteiger partial charge < -0.3 is 10.6 Å². The molecule has 0 bridgehead atoms. The van der Waals surface area contributed by atoms with E-state index >= 15 is 0 Å². The number of rotatable bonds is 2. The van der Waals surface area contributed by atoms with Crippen molar-refractivity contribution >= 4 is 34.2 Å². The highest BCUT2D eigenvalue weighted by Gasteiger charge is 2.28. The van der Waals surface area contributed by atoms with Crippen molar-refractivity contribution < 1.29 is 4.79 Å². The third-order valence-corrected chi connectivity index (χ3v) is 4.43. The lowest BCUT2D eigenvalue weighted by molar-refractivity contribution is 0.0887. The second-order valence-electron chi connectivity index (χ2n) is 5.23. The van der Waals surface area contributed by atoms with E-state index < -0.39 is 0 Å². The van der Waals surface area contributed by atoms with Crippen molar-refractivity contribution in [1.82, 2.24) is 10.6 Å². The molecular formula is C14H20BrClN2O. The van der Waals surface area contributed by atoms with Crippen LogP contribution in [0.1, 0.15) is 35.7 Å². The van der Waals surface area contributed by atoms with Crippen LogP contribution in [0.2, 0.25) is 0 Å². The van der Waals surface area contributed by atoms with Crippen molar-refractivity contribution in [2.45, 2.75) is 32.2 Å². The average Bonchev–Trinajstić information content (AvgIpc) is 2.33. The quantitative estimate of drug-likeness (QED) is 0.863. The first-order valence-corrected chi connectivity index (χ1v) is 7.09. The summed E-state index contributed by atoms with van der Waals surface area (Å²) in [5, 5.41) is 6.48. The first-order valence-electron chi connectivity index (χ1n) is 6.30. The molecule has 1 saturated heterocycles. The molecule has 0 aromatic heterocycles. The van der Waals surface area contributed by atoms with Gasteiger partial charge in [0.05, 0.1) is 0 Å². The Hall–Kier alpha value is -0.580. The predicted molar refractivity (Wildman–Crippen MR) is 84.1 cm³/mol. The van der Waals surface area contributed by atoms with E-state index in [0.717, 1.165) is 41.5 Å². The van der Waals surface area contributed by atoms with Crippen LogP contribution in [0, 0.1) is 6.92 Å². The Morgan fingerprint density at radius 3 is 2.58 bits per heavy atom. The predicted octanol–water partition coefficient (Wildman–Crippen LogP) is 3.05. The summed E-state index contributed by atoms with van der Waals surface area (Å²) in [5.74, 6) is 0.0231. The first kappa shape index (κ1) is 16.5. The molecule has 0 atom stereocenters. The molecular weight excluding hydrogens is 328 g/mol. The second kappa shape index (κ2) is 6.73. The number of nitrogens with one attached hydrogen (secondary N) is 2. The molecule has 5 heteroatoms. The Bertz CT molecular complexity index is 459. The van der Waals surface area contributed by atoms with Gasteiger partial charge in [-0.1, -0.05) is 15.9 Å². The van der Waals surface area contributed by atoms with Gasteiger partial charge in [0.1, 0.15) is 0 Å². The SMILES string of the molecule is Cc1cc(C(=O)NC2(C)CCNCC2)ccc1Br.Cl. The zero-order chi connectivity index (χ0) is 13.2. The average molecular weight is 348 g/mol. The Morgan fingerprint density at radius 2 is 2.00 bits per heavy atom. The third-order valence-electron chi connectivity index (χ3n) is 3.54. The van der Waals surface area contributed by atoms with Crippen LogP contribution in [0.15, 0.2) is 22.7 Å². The molecule has 2 N–H and O–H groups in total. The molecule has 1 aliphatic heterocycles. The highest BCUT2D eigenvalue weighted by molar-refractivity contribution is 9.10. The lowest BCUT2D eigenvalue weighted by Crippen LogP contribution is -2.52. The summed E-state index contributed by atoms with van der Waals surface area (Å²) in [6, 6.07) is 5.70. The maximum Gasteiger partial charge on any atom is 0.251 e. The number of hydrogen-bond acceptors (Lipinski definition) is 2. The van der Waals surface area contributed by atoms with Gasteiger partial charge in [0.2, 0.25) is 0 Å². The number of carbonyl (C=O) groups excluding carboxylic acids is 1. The molecule has 3 nitrogen and oxygen atoms in total. The van der Waals surface area contributed by atoms with Gasteiger partial charge in [-0.05, 0) is 63.5 Å². The molecule has 1 fully saturated rings. The molecule has 1 aromatic carbocycles. The van der Waals surface area contributed by atoms with E-state index in [0.29, 0.717) is 0 Å². The molecule has 0 unspecified atom stereocenters. The molecule has 1 aromatic rings.